The highest BCUT2D eigenvalue weighted by Crippen LogP contribution is 2.30. The van der Waals surface area contributed by atoms with E-state index in [-0.39, 0.29) is 5.54 Å². The summed E-state index contributed by atoms with van der Waals surface area (Å²) in [6, 6.07) is 2.06. The summed E-state index contributed by atoms with van der Waals surface area (Å²) in [5, 5.41) is 5.15. The molecule has 0 amide bonds. The van der Waals surface area contributed by atoms with E-state index in [1.807, 2.05) is 12.3 Å². The van der Waals surface area contributed by atoms with E-state index in [0.29, 0.717) is 17.5 Å². The molecule has 21 heavy (non-hydrogen) atoms. The molecule has 1 heterocycles. The van der Waals surface area contributed by atoms with Gasteiger partial charge in [0.15, 0.2) is 0 Å². The van der Waals surface area contributed by atoms with Crippen molar-refractivity contribution in [1.29, 1.82) is 0 Å². The summed E-state index contributed by atoms with van der Waals surface area (Å²) in [5.41, 5.74) is -0.290. The van der Waals surface area contributed by atoms with Gasteiger partial charge in [-0.1, -0.05) is 33.1 Å². The SMILES string of the molecule is CC(C)NCc1sccc1S(=O)(=O)NC1(C)CCCCC1. The molecule has 0 atom stereocenters. The van der Waals surface area contributed by atoms with Gasteiger partial charge in [0.2, 0.25) is 10.0 Å². The monoisotopic (exact) mass is 330 g/mol. The Morgan fingerprint density at radius 1 is 1.29 bits per heavy atom. The summed E-state index contributed by atoms with van der Waals surface area (Å²) in [4.78, 5) is 1.32. The standard InChI is InChI=1S/C15H26N2O2S2/c1-12(2)16-11-13-14(7-10-20-13)21(18,19)17-15(3)8-5-4-6-9-15/h7,10,12,16-17H,4-6,8-9,11H2,1-3H3. The molecule has 0 bridgehead atoms. The van der Waals surface area contributed by atoms with E-state index in [9.17, 15) is 8.42 Å². The van der Waals surface area contributed by atoms with Crippen molar-refractivity contribution in [2.24, 2.45) is 0 Å². The summed E-state index contributed by atoms with van der Waals surface area (Å²) in [6.07, 6.45) is 5.26. The summed E-state index contributed by atoms with van der Waals surface area (Å²) in [7, 11) is -3.43. The fourth-order valence-corrected chi connectivity index (χ4v) is 5.67. The Kier molecular flexibility index (Phi) is 5.46. The molecule has 1 aliphatic carbocycles. The third-order valence-electron chi connectivity index (χ3n) is 4.00. The Balaban J connectivity index is 2.14. The first-order valence-corrected chi connectivity index (χ1v) is 10.0. The second-order valence-corrected chi connectivity index (χ2v) is 9.12. The molecular formula is C15H26N2O2S2. The molecular weight excluding hydrogens is 304 g/mol. The fourth-order valence-electron chi connectivity index (χ4n) is 2.81. The average Bonchev–Trinajstić information content (AvgIpc) is 2.85. The minimum absolute atomic E-state index is 0.290. The number of nitrogens with one attached hydrogen (secondary N) is 2. The lowest BCUT2D eigenvalue weighted by atomic mass is 9.84. The van der Waals surface area contributed by atoms with E-state index >= 15 is 0 Å². The number of thiophene rings is 1. The van der Waals surface area contributed by atoms with Crippen molar-refractivity contribution in [3.63, 3.8) is 0 Å². The zero-order chi connectivity index (χ0) is 15.5. The van der Waals surface area contributed by atoms with Crippen LogP contribution >= 0.6 is 11.3 Å². The van der Waals surface area contributed by atoms with Crippen LogP contribution in [0.25, 0.3) is 0 Å². The smallest absolute Gasteiger partial charge is 0.242 e. The van der Waals surface area contributed by atoms with Crippen LogP contribution in [0.1, 0.15) is 57.8 Å². The van der Waals surface area contributed by atoms with Gasteiger partial charge in [-0.3, -0.25) is 0 Å². The molecule has 1 fully saturated rings. The van der Waals surface area contributed by atoms with Crippen LogP contribution in [0.3, 0.4) is 0 Å². The van der Waals surface area contributed by atoms with Crippen LogP contribution in [0.15, 0.2) is 16.3 Å². The molecule has 0 saturated heterocycles. The van der Waals surface area contributed by atoms with Crippen molar-refractivity contribution >= 4 is 21.4 Å². The van der Waals surface area contributed by atoms with Gasteiger partial charge >= 0.3 is 0 Å². The fraction of sp³-hybridized carbons (Fsp3) is 0.733. The van der Waals surface area contributed by atoms with Crippen molar-refractivity contribution in [2.45, 2.75) is 75.9 Å². The highest BCUT2D eigenvalue weighted by atomic mass is 32.2. The van der Waals surface area contributed by atoms with Crippen molar-refractivity contribution in [3.8, 4) is 0 Å². The lowest BCUT2D eigenvalue weighted by Crippen LogP contribution is -2.47. The van der Waals surface area contributed by atoms with Gasteiger partial charge in [-0.15, -0.1) is 11.3 Å². The van der Waals surface area contributed by atoms with Crippen LogP contribution in [0.2, 0.25) is 0 Å². The molecule has 1 aliphatic rings. The maximum Gasteiger partial charge on any atom is 0.242 e. The first-order chi connectivity index (χ1) is 9.82. The summed E-state index contributed by atoms with van der Waals surface area (Å²) in [6.45, 7) is 6.75. The van der Waals surface area contributed by atoms with Crippen LogP contribution in [0.5, 0.6) is 0 Å². The molecule has 2 N–H and O–H groups in total. The Morgan fingerprint density at radius 2 is 1.95 bits per heavy atom. The van der Waals surface area contributed by atoms with Crippen LogP contribution in [0, 0.1) is 0 Å². The van der Waals surface area contributed by atoms with Crippen molar-refractivity contribution < 1.29 is 8.42 Å². The Bertz CT molecular complexity index is 558. The van der Waals surface area contributed by atoms with Gasteiger partial charge in [-0.05, 0) is 31.2 Å². The second kappa shape index (κ2) is 6.77. The van der Waals surface area contributed by atoms with Gasteiger partial charge in [0, 0.05) is 23.0 Å². The quantitative estimate of drug-likeness (QED) is 0.842. The predicted molar refractivity (Wildman–Crippen MR) is 88.1 cm³/mol. The Hall–Kier alpha value is -0.430. The predicted octanol–water partition coefficient (Wildman–Crippen LogP) is 3.25. The number of hydrogen-bond donors (Lipinski definition) is 2. The molecule has 1 aromatic heterocycles. The minimum Gasteiger partial charge on any atom is -0.310 e. The van der Waals surface area contributed by atoms with Gasteiger partial charge in [0.05, 0.1) is 4.90 Å². The highest BCUT2D eigenvalue weighted by molar-refractivity contribution is 7.89. The largest absolute Gasteiger partial charge is 0.310 e. The molecule has 4 nitrogen and oxygen atoms in total. The van der Waals surface area contributed by atoms with Crippen molar-refractivity contribution in [3.05, 3.63) is 16.3 Å². The van der Waals surface area contributed by atoms with E-state index in [4.69, 9.17) is 0 Å². The molecule has 0 spiro atoms. The van der Waals surface area contributed by atoms with Crippen molar-refractivity contribution in [2.75, 3.05) is 0 Å². The maximum absolute atomic E-state index is 12.7. The van der Waals surface area contributed by atoms with Gasteiger partial charge in [0.25, 0.3) is 0 Å². The molecule has 2 rings (SSSR count). The molecule has 120 valence electrons. The zero-order valence-electron chi connectivity index (χ0n) is 13.1. The molecule has 0 radical (unpaired) electrons. The molecule has 0 aliphatic heterocycles. The van der Waals surface area contributed by atoms with Crippen LogP contribution < -0.4 is 10.0 Å². The first kappa shape index (κ1) is 16.9. The Morgan fingerprint density at radius 3 is 2.57 bits per heavy atom. The molecule has 1 saturated carbocycles. The topological polar surface area (TPSA) is 58.2 Å². The molecule has 0 aromatic carbocycles. The van der Waals surface area contributed by atoms with Gasteiger partial charge in [-0.2, -0.15) is 0 Å². The lowest BCUT2D eigenvalue weighted by molar-refractivity contribution is 0.294. The Labute approximate surface area is 132 Å². The maximum atomic E-state index is 12.7. The first-order valence-electron chi connectivity index (χ1n) is 7.66. The third-order valence-corrected chi connectivity index (χ3v) is 6.78. The number of sulfonamides is 1. The van der Waals surface area contributed by atoms with Gasteiger partial charge in [0.1, 0.15) is 0 Å². The second-order valence-electron chi connectivity index (χ2n) is 6.47. The van der Waals surface area contributed by atoms with E-state index in [1.54, 1.807) is 6.07 Å². The highest BCUT2D eigenvalue weighted by Gasteiger charge is 2.33. The van der Waals surface area contributed by atoms with E-state index in [2.05, 4.69) is 23.9 Å². The van der Waals surface area contributed by atoms with E-state index in [0.717, 1.165) is 30.6 Å². The van der Waals surface area contributed by atoms with E-state index < -0.39 is 10.0 Å². The molecule has 1 aromatic rings. The minimum atomic E-state index is -3.43. The van der Waals surface area contributed by atoms with Crippen LogP contribution in [-0.4, -0.2) is 20.0 Å². The third kappa shape index (κ3) is 4.52. The van der Waals surface area contributed by atoms with Crippen LogP contribution in [-0.2, 0) is 16.6 Å². The van der Waals surface area contributed by atoms with Gasteiger partial charge < -0.3 is 5.32 Å². The zero-order valence-corrected chi connectivity index (χ0v) is 14.7. The van der Waals surface area contributed by atoms with Crippen molar-refractivity contribution in [1.82, 2.24) is 10.0 Å². The average molecular weight is 331 g/mol. The number of rotatable bonds is 6. The molecule has 6 heteroatoms. The normalized spacial score (nSPS) is 19.0. The van der Waals surface area contributed by atoms with Crippen LogP contribution in [0.4, 0.5) is 0 Å². The summed E-state index contributed by atoms with van der Waals surface area (Å²) >= 11 is 1.50. The van der Waals surface area contributed by atoms with E-state index in [1.165, 1.54) is 17.8 Å². The number of hydrogen-bond acceptors (Lipinski definition) is 4. The lowest BCUT2D eigenvalue weighted by Gasteiger charge is -2.34. The van der Waals surface area contributed by atoms with Gasteiger partial charge in [-0.25, -0.2) is 13.1 Å². The summed E-state index contributed by atoms with van der Waals surface area (Å²) in [5.74, 6) is 0. The molecule has 0 unspecified atom stereocenters. The summed E-state index contributed by atoms with van der Waals surface area (Å²) < 4.78 is 28.4.